The summed E-state index contributed by atoms with van der Waals surface area (Å²) in [5.41, 5.74) is 10.3. The van der Waals surface area contributed by atoms with Crippen LogP contribution in [-0.4, -0.2) is 35.6 Å². The Hall–Kier alpha value is -3.07. The van der Waals surface area contributed by atoms with E-state index in [0.29, 0.717) is 9.76 Å². The van der Waals surface area contributed by atoms with Gasteiger partial charge in [-0.05, 0) is 75.6 Å². The van der Waals surface area contributed by atoms with Crippen molar-refractivity contribution in [3.63, 3.8) is 0 Å². The maximum absolute atomic E-state index is 6.40. The van der Waals surface area contributed by atoms with Crippen LogP contribution in [0, 0.1) is 0 Å². The third kappa shape index (κ3) is 6.93. The summed E-state index contributed by atoms with van der Waals surface area (Å²) >= 11 is 0. The Morgan fingerprint density at radius 3 is 2.44 bits per heavy atom. The lowest BCUT2D eigenvalue weighted by Crippen LogP contribution is -2.28. The second-order valence-corrected chi connectivity index (χ2v) is 13.7. The molecular weight excluding hydrogens is 502 g/mol. The van der Waals surface area contributed by atoms with Gasteiger partial charge in [0.1, 0.15) is 5.75 Å². The summed E-state index contributed by atoms with van der Waals surface area (Å²) < 4.78 is 14.4. The molecule has 2 radical (unpaired) electrons. The van der Waals surface area contributed by atoms with Crippen molar-refractivity contribution in [3.05, 3.63) is 66.1 Å². The third-order valence-corrected chi connectivity index (χ3v) is 7.46. The highest BCUT2D eigenvalue weighted by Gasteiger charge is 2.27. The van der Waals surface area contributed by atoms with Gasteiger partial charge in [-0.2, -0.15) is 5.10 Å². The van der Waals surface area contributed by atoms with Crippen molar-refractivity contribution in [2.24, 2.45) is 5.73 Å². The molecule has 0 saturated heterocycles. The van der Waals surface area contributed by atoms with Crippen LogP contribution in [0.2, 0.25) is 5.04 Å². The Kier molecular flexibility index (Phi) is 8.59. The van der Waals surface area contributed by atoms with Crippen LogP contribution in [0.1, 0.15) is 85.7 Å². The van der Waals surface area contributed by atoms with Crippen LogP contribution in [-0.2, 0) is 10.0 Å². The number of ether oxygens (including phenoxy) is 1. The van der Waals surface area contributed by atoms with Crippen molar-refractivity contribution < 1.29 is 9.16 Å². The van der Waals surface area contributed by atoms with Crippen molar-refractivity contribution in [2.45, 2.75) is 91.0 Å². The molecule has 7 nitrogen and oxygen atoms in total. The number of fused-ring (bicyclic) bond motifs is 1. The number of nitrogens with two attached hydrogens (primary N) is 1. The normalized spacial score (nSPS) is 13.3. The van der Waals surface area contributed by atoms with E-state index in [9.17, 15) is 0 Å². The second kappa shape index (κ2) is 11.6. The van der Waals surface area contributed by atoms with Gasteiger partial charge in [0.15, 0.2) is 5.82 Å². The van der Waals surface area contributed by atoms with Crippen molar-refractivity contribution in [2.75, 3.05) is 0 Å². The van der Waals surface area contributed by atoms with E-state index in [2.05, 4.69) is 47.6 Å². The molecule has 0 unspecified atom stereocenters. The fraction of sp³-hybridized carbons (Fsp3) is 0.452. The summed E-state index contributed by atoms with van der Waals surface area (Å²) in [6, 6.07) is 16.1. The van der Waals surface area contributed by atoms with E-state index in [-0.39, 0.29) is 17.2 Å². The molecule has 0 aliphatic heterocycles. The molecule has 3 aromatic heterocycles. The largest absolute Gasteiger partial charge is 0.490 e. The highest BCUT2D eigenvalue weighted by atomic mass is 28.2. The molecule has 4 rings (SSSR count). The molecule has 2 N–H and O–H groups in total. The van der Waals surface area contributed by atoms with Gasteiger partial charge >= 0.3 is 0 Å². The van der Waals surface area contributed by atoms with Crippen LogP contribution in [0.5, 0.6) is 5.75 Å². The van der Waals surface area contributed by atoms with E-state index in [1.165, 1.54) is 0 Å². The van der Waals surface area contributed by atoms with E-state index < -0.39 is 5.60 Å². The van der Waals surface area contributed by atoms with Gasteiger partial charge in [0.05, 0.1) is 45.9 Å². The van der Waals surface area contributed by atoms with Gasteiger partial charge in [0.2, 0.25) is 9.76 Å². The molecule has 0 spiro atoms. The molecule has 0 aliphatic rings. The molecule has 1 atom stereocenters. The van der Waals surface area contributed by atoms with E-state index in [1.807, 2.05) is 67.2 Å². The van der Waals surface area contributed by atoms with Crippen LogP contribution >= 0.6 is 0 Å². The number of benzene rings is 1. The standard InChI is InChI=1S/C31H41N5O2Si/c1-9-12-23(32)25-14-10-13-24(34-25)21-17-26-22(27(18-21)37-20(2)3)19-33-36(26)29-16-11-15-28(35-29)31(7,8)38-39-30(4,5)6/h10-11,13-20,23H,9,12,32H2,1-8H3/t23-/m0/s1. The number of hydrogen-bond donors (Lipinski definition) is 1. The molecule has 0 fully saturated rings. The zero-order chi connectivity index (χ0) is 28.4. The van der Waals surface area contributed by atoms with Crippen LogP contribution < -0.4 is 10.5 Å². The summed E-state index contributed by atoms with van der Waals surface area (Å²) in [7, 11) is 0.352. The number of aromatic nitrogens is 4. The summed E-state index contributed by atoms with van der Waals surface area (Å²) in [6.07, 6.45) is 3.75. The quantitative estimate of drug-likeness (QED) is 0.214. The lowest BCUT2D eigenvalue weighted by molar-refractivity contribution is 0.104. The third-order valence-electron chi connectivity index (χ3n) is 6.24. The molecule has 0 bridgehead atoms. The zero-order valence-electron chi connectivity index (χ0n) is 24.4. The summed E-state index contributed by atoms with van der Waals surface area (Å²) in [4.78, 5) is 9.92. The van der Waals surface area contributed by atoms with E-state index in [1.54, 1.807) is 0 Å². The fourth-order valence-electron chi connectivity index (χ4n) is 4.26. The molecule has 8 heteroatoms. The molecule has 0 aliphatic carbocycles. The molecule has 4 aromatic rings. The minimum atomic E-state index is -0.538. The summed E-state index contributed by atoms with van der Waals surface area (Å²) in [5, 5.41) is 5.75. The van der Waals surface area contributed by atoms with Crippen molar-refractivity contribution in [3.8, 4) is 22.8 Å². The monoisotopic (exact) mass is 543 g/mol. The number of rotatable bonds is 10. The fourth-order valence-corrected chi connectivity index (χ4v) is 4.93. The molecule has 1 aromatic carbocycles. The minimum Gasteiger partial charge on any atom is -0.490 e. The van der Waals surface area contributed by atoms with E-state index in [4.69, 9.17) is 30.0 Å². The summed E-state index contributed by atoms with van der Waals surface area (Å²) in [6.45, 7) is 16.8. The number of pyridine rings is 2. The molecule has 206 valence electrons. The topological polar surface area (TPSA) is 88.1 Å². The van der Waals surface area contributed by atoms with E-state index >= 15 is 0 Å². The maximum atomic E-state index is 6.40. The van der Waals surface area contributed by atoms with Gasteiger partial charge in [-0.25, -0.2) is 9.67 Å². The van der Waals surface area contributed by atoms with Crippen LogP contribution in [0.25, 0.3) is 28.0 Å². The first-order valence-corrected chi connectivity index (χ1v) is 14.6. The first-order chi connectivity index (χ1) is 18.4. The van der Waals surface area contributed by atoms with Crippen molar-refractivity contribution >= 4 is 20.7 Å². The van der Waals surface area contributed by atoms with Gasteiger partial charge < -0.3 is 14.9 Å². The second-order valence-electron chi connectivity index (χ2n) is 11.8. The summed E-state index contributed by atoms with van der Waals surface area (Å²) in [5.74, 6) is 1.48. The molecular formula is C31H41N5O2Si. The highest BCUT2D eigenvalue weighted by Crippen LogP contribution is 2.35. The zero-order valence-corrected chi connectivity index (χ0v) is 25.4. The first-order valence-electron chi connectivity index (χ1n) is 13.7. The van der Waals surface area contributed by atoms with Gasteiger partial charge in [-0.3, -0.25) is 4.98 Å². The lowest BCUT2D eigenvalue weighted by Gasteiger charge is -2.29. The van der Waals surface area contributed by atoms with Crippen LogP contribution in [0.4, 0.5) is 0 Å². The van der Waals surface area contributed by atoms with E-state index in [0.717, 1.165) is 58.0 Å². The Morgan fingerprint density at radius 1 is 1.00 bits per heavy atom. The predicted molar refractivity (Wildman–Crippen MR) is 159 cm³/mol. The Morgan fingerprint density at radius 2 is 1.74 bits per heavy atom. The van der Waals surface area contributed by atoms with Gasteiger partial charge in [-0.1, -0.05) is 46.2 Å². The molecule has 0 saturated carbocycles. The number of hydrogen-bond acceptors (Lipinski definition) is 6. The Balaban J connectivity index is 1.80. The first kappa shape index (κ1) is 28.9. The van der Waals surface area contributed by atoms with Crippen molar-refractivity contribution in [1.82, 2.24) is 19.7 Å². The van der Waals surface area contributed by atoms with Crippen LogP contribution in [0.3, 0.4) is 0 Å². The van der Waals surface area contributed by atoms with Crippen LogP contribution in [0.15, 0.2) is 54.7 Å². The lowest BCUT2D eigenvalue weighted by atomic mass is 10.0. The molecule has 39 heavy (non-hydrogen) atoms. The average Bonchev–Trinajstić information content (AvgIpc) is 3.32. The Labute approximate surface area is 235 Å². The minimum absolute atomic E-state index is 0.00659. The SMILES string of the molecule is CCC[C@H](N)c1cccc(-c2cc(OC(C)C)c3cnn(-c4cccc(C(C)(C)O[Si]C(C)(C)C)n4)c3c2)n1. The molecule has 3 heterocycles. The maximum Gasteiger partial charge on any atom is 0.237 e. The van der Waals surface area contributed by atoms with Gasteiger partial charge in [-0.15, -0.1) is 0 Å². The number of nitrogens with zero attached hydrogens (tertiary/aromatic N) is 4. The smallest absolute Gasteiger partial charge is 0.237 e. The van der Waals surface area contributed by atoms with Gasteiger partial charge in [0, 0.05) is 11.6 Å². The van der Waals surface area contributed by atoms with Crippen molar-refractivity contribution in [1.29, 1.82) is 0 Å². The Bertz CT molecular complexity index is 1420. The average molecular weight is 544 g/mol. The predicted octanol–water partition coefficient (Wildman–Crippen LogP) is 7.16. The molecule has 0 amide bonds. The highest BCUT2D eigenvalue weighted by molar-refractivity contribution is 6.31. The van der Waals surface area contributed by atoms with Gasteiger partial charge in [0.25, 0.3) is 0 Å².